The highest BCUT2D eigenvalue weighted by molar-refractivity contribution is 6.30. The summed E-state index contributed by atoms with van der Waals surface area (Å²) in [6.45, 7) is 1.13. The largest absolute Gasteiger partial charge is 0.313 e. The molecule has 2 aliphatic rings. The zero-order valence-electron chi connectivity index (χ0n) is 10.9. The van der Waals surface area contributed by atoms with Crippen LogP contribution in [0.1, 0.15) is 50.0 Å². The summed E-state index contributed by atoms with van der Waals surface area (Å²) in [5.74, 6) is 1.52. The van der Waals surface area contributed by atoms with Crippen LogP contribution >= 0.6 is 11.6 Å². The third-order valence-corrected chi connectivity index (χ3v) is 4.68. The number of hydrogen-bond donors (Lipinski definition) is 1. The predicted octanol–water partition coefficient (Wildman–Crippen LogP) is 4.37. The summed E-state index contributed by atoms with van der Waals surface area (Å²) in [5, 5.41) is 4.59. The quantitative estimate of drug-likeness (QED) is 0.832. The Morgan fingerprint density at radius 1 is 1.17 bits per heavy atom. The Balaban J connectivity index is 1.73. The van der Waals surface area contributed by atoms with Gasteiger partial charge in [0.15, 0.2) is 0 Å². The lowest BCUT2D eigenvalue weighted by Gasteiger charge is -2.24. The topological polar surface area (TPSA) is 12.0 Å². The van der Waals surface area contributed by atoms with Crippen LogP contribution in [-0.2, 0) is 0 Å². The third-order valence-electron chi connectivity index (χ3n) is 4.45. The first-order valence-electron chi connectivity index (χ1n) is 7.32. The van der Waals surface area contributed by atoms with Crippen molar-refractivity contribution >= 4 is 11.6 Å². The van der Waals surface area contributed by atoms with Gasteiger partial charge in [0, 0.05) is 17.6 Å². The van der Waals surface area contributed by atoms with Gasteiger partial charge in [0.25, 0.3) is 0 Å². The van der Waals surface area contributed by atoms with Crippen molar-refractivity contribution in [2.24, 2.45) is 5.92 Å². The van der Waals surface area contributed by atoms with Crippen LogP contribution in [0.25, 0.3) is 0 Å². The van der Waals surface area contributed by atoms with Crippen LogP contribution < -0.4 is 5.32 Å². The van der Waals surface area contributed by atoms with Crippen LogP contribution in [-0.4, -0.2) is 12.6 Å². The van der Waals surface area contributed by atoms with Crippen LogP contribution in [0.4, 0.5) is 0 Å². The fourth-order valence-electron chi connectivity index (χ4n) is 3.23. The lowest BCUT2D eigenvalue weighted by atomic mass is 9.85. The smallest absolute Gasteiger partial charge is 0.0408 e. The van der Waals surface area contributed by atoms with Gasteiger partial charge in [-0.1, -0.05) is 36.6 Å². The number of rotatable bonds is 5. The average Bonchev–Trinajstić information content (AvgIpc) is 3.03. The summed E-state index contributed by atoms with van der Waals surface area (Å²) in [7, 11) is 0. The van der Waals surface area contributed by atoms with E-state index in [9.17, 15) is 0 Å². The van der Waals surface area contributed by atoms with Crippen LogP contribution in [0.15, 0.2) is 24.3 Å². The normalized spacial score (nSPS) is 22.3. The Bertz CT molecular complexity index is 394. The van der Waals surface area contributed by atoms with E-state index in [-0.39, 0.29) is 0 Å². The molecule has 0 radical (unpaired) electrons. The first-order chi connectivity index (χ1) is 8.83. The molecule has 0 aliphatic heterocycles. The lowest BCUT2D eigenvalue weighted by Crippen LogP contribution is -2.27. The number of nitrogens with one attached hydrogen (secondary N) is 1. The minimum Gasteiger partial charge on any atom is -0.313 e. The molecule has 18 heavy (non-hydrogen) atoms. The van der Waals surface area contributed by atoms with E-state index in [1.54, 1.807) is 0 Å². The van der Waals surface area contributed by atoms with Gasteiger partial charge in [-0.05, 0) is 55.2 Å². The first kappa shape index (κ1) is 12.5. The van der Waals surface area contributed by atoms with Crippen molar-refractivity contribution in [1.29, 1.82) is 0 Å². The van der Waals surface area contributed by atoms with Crippen molar-refractivity contribution in [1.82, 2.24) is 5.32 Å². The Kier molecular flexibility index (Phi) is 3.91. The summed E-state index contributed by atoms with van der Waals surface area (Å²) in [6, 6.07) is 9.29. The van der Waals surface area contributed by atoms with Crippen molar-refractivity contribution in [3.05, 3.63) is 34.9 Å². The lowest BCUT2D eigenvalue weighted by molar-refractivity contribution is 0.410. The van der Waals surface area contributed by atoms with Crippen molar-refractivity contribution in [2.45, 2.75) is 50.5 Å². The maximum absolute atomic E-state index is 6.15. The first-order valence-corrected chi connectivity index (χ1v) is 7.69. The Morgan fingerprint density at radius 2 is 1.94 bits per heavy atom. The number of hydrogen-bond acceptors (Lipinski definition) is 1. The highest BCUT2D eigenvalue weighted by atomic mass is 35.5. The van der Waals surface area contributed by atoms with Crippen LogP contribution in [0, 0.1) is 5.92 Å². The van der Waals surface area contributed by atoms with Gasteiger partial charge < -0.3 is 5.32 Å². The number of halogens is 1. The highest BCUT2D eigenvalue weighted by Crippen LogP contribution is 2.38. The van der Waals surface area contributed by atoms with Gasteiger partial charge in [0.2, 0.25) is 0 Å². The predicted molar refractivity (Wildman–Crippen MR) is 77.2 cm³/mol. The summed E-state index contributed by atoms with van der Waals surface area (Å²) in [5.41, 5.74) is 1.43. The molecule has 2 fully saturated rings. The zero-order chi connectivity index (χ0) is 12.4. The van der Waals surface area contributed by atoms with E-state index < -0.39 is 0 Å². The molecule has 3 rings (SSSR count). The molecule has 2 saturated carbocycles. The SMILES string of the molecule is Clc1cccc(C(CNC2CC2)C2CCCC2)c1. The van der Waals surface area contributed by atoms with Gasteiger partial charge in [0.1, 0.15) is 0 Å². The molecule has 2 aliphatic carbocycles. The molecular formula is C16H22ClN. The number of benzene rings is 1. The second kappa shape index (κ2) is 5.63. The maximum Gasteiger partial charge on any atom is 0.0408 e. The maximum atomic E-state index is 6.15. The molecule has 1 N–H and O–H groups in total. The van der Waals surface area contributed by atoms with Gasteiger partial charge in [-0.25, -0.2) is 0 Å². The summed E-state index contributed by atoms with van der Waals surface area (Å²) < 4.78 is 0. The van der Waals surface area contributed by atoms with Gasteiger partial charge in [0.05, 0.1) is 0 Å². The average molecular weight is 264 g/mol. The van der Waals surface area contributed by atoms with Gasteiger partial charge in [-0.3, -0.25) is 0 Å². The fraction of sp³-hybridized carbons (Fsp3) is 0.625. The van der Waals surface area contributed by atoms with Gasteiger partial charge in [-0.15, -0.1) is 0 Å². The van der Waals surface area contributed by atoms with E-state index in [1.807, 2.05) is 6.07 Å². The molecule has 98 valence electrons. The molecule has 1 aromatic rings. The molecule has 0 aromatic heterocycles. The molecule has 2 heteroatoms. The molecule has 0 heterocycles. The molecule has 0 saturated heterocycles. The van der Waals surface area contributed by atoms with E-state index >= 15 is 0 Å². The third kappa shape index (κ3) is 3.07. The summed E-state index contributed by atoms with van der Waals surface area (Å²) in [6.07, 6.45) is 8.34. The molecule has 1 nitrogen and oxygen atoms in total. The van der Waals surface area contributed by atoms with E-state index in [2.05, 4.69) is 23.5 Å². The Morgan fingerprint density at radius 3 is 2.61 bits per heavy atom. The minimum absolute atomic E-state index is 0.659. The van der Waals surface area contributed by atoms with Crippen molar-refractivity contribution in [2.75, 3.05) is 6.54 Å². The van der Waals surface area contributed by atoms with Crippen molar-refractivity contribution < 1.29 is 0 Å². The van der Waals surface area contributed by atoms with Gasteiger partial charge >= 0.3 is 0 Å². The summed E-state index contributed by atoms with van der Waals surface area (Å²) in [4.78, 5) is 0. The van der Waals surface area contributed by atoms with E-state index in [4.69, 9.17) is 11.6 Å². The standard InChI is InChI=1S/C16H22ClN/c17-14-7-3-6-13(10-14)16(11-18-15-8-9-15)12-4-1-2-5-12/h3,6-7,10,12,15-16,18H,1-2,4-5,8-9,11H2. The van der Waals surface area contributed by atoms with Crippen molar-refractivity contribution in [3.63, 3.8) is 0 Å². The van der Waals surface area contributed by atoms with E-state index in [0.717, 1.165) is 23.5 Å². The fourth-order valence-corrected chi connectivity index (χ4v) is 3.43. The summed E-state index contributed by atoms with van der Waals surface area (Å²) >= 11 is 6.15. The van der Waals surface area contributed by atoms with Crippen LogP contribution in [0.5, 0.6) is 0 Å². The molecule has 0 bridgehead atoms. The van der Waals surface area contributed by atoms with Gasteiger partial charge in [-0.2, -0.15) is 0 Å². The molecule has 0 spiro atoms. The molecule has 1 unspecified atom stereocenters. The molecule has 1 atom stereocenters. The van der Waals surface area contributed by atoms with E-state index in [0.29, 0.717) is 5.92 Å². The van der Waals surface area contributed by atoms with Crippen molar-refractivity contribution in [3.8, 4) is 0 Å². The zero-order valence-corrected chi connectivity index (χ0v) is 11.6. The Hall–Kier alpha value is -0.530. The van der Waals surface area contributed by atoms with E-state index in [1.165, 1.54) is 44.1 Å². The van der Waals surface area contributed by atoms with Crippen LogP contribution in [0.2, 0.25) is 5.02 Å². The molecular weight excluding hydrogens is 242 g/mol. The second-order valence-electron chi connectivity index (χ2n) is 5.89. The van der Waals surface area contributed by atoms with Crippen LogP contribution in [0.3, 0.4) is 0 Å². The monoisotopic (exact) mass is 263 g/mol. The Labute approximate surface area is 115 Å². The molecule has 0 amide bonds. The highest BCUT2D eigenvalue weighted by Gasteiger charge is 2.28. The minimum atomic E-state index is 0.659. The second-order valence-corrected chi connectivity index (χ2v) is 6.32. The molecule has 1 aromatic carbocycles.